The van der Waals surface area contributed by atoms with Gasteiger partial charge in [-0.1, -0.05) is 48.5 Å². The summed E-state index contributed by atoms with van der Waals surface area (Å²) in [7, 11) is 0. The second kappa shape index (κ2) is 7.15. The van der Waals surface area contributed by atoms with Crippen LogP contribution in [0.3, 0.4) is 0 Å². The fourth-order valence-electron chi connectivity index (χ4n) is 3.03. The Morgan fingerprint density at radius 3 is 2.33 bits per heavy atom. The molecule has 1 nitrogen and oxygen atoms in total. The first kappa shape index (κ1) is 14.7. The van der Waals surface area contributed by atoms with E-state index >= 15 is 0 Å². The van der Waals surface area contributed by atoms with Crippen LogP contribution in [0.5, 0.6) is 0 Å². The zero-order valence-corrected chi connectivity index (χ0v) is 13.4. The van der Waals surface area contributed by atoms with Crippen LogP contribution >= 0.6 is 11.8 Å². The number of benzene rings is 2. The van der Waals surface area contributed by atoms with E-state index in [1.807, 2.05) is 11.8 Å². The summed E-state index contributed by atoms with van der Waals surface area (Å²) in [4.78, 5) is 4.03. The Bertz CT molecular complexity index is 540. The average Bonchev–Trinajstić information content (AvgIpc) is 2.52. The smallest absolute Gasteiger partial charge is 0.0236 e. The van der Waals surface area contributed by atoms with Gasteiger partial charge in [0.2, 0.25) is 0 Å². The van der Waals surface area contributed by atoms with E-state index in [0.717, 1.165) is 11.8 Å². The van der Waals surface area contributed by atoms with Crippen molar-refractivity contribution in [2.24, 2.45) is 0 Å². The third kappa shape index (κ3) is 4.12. The van der Waals surface area contributed by atoms with E-state index in [-0.39, 0.29) is 0 Å². The summed E-state index contributed by atoms with van der Waals surface area (Å²) in [6.45, 7) is 4.67. The highest BCUT2D eigenvalue weighted by molar-refractivity contribution is 8.00. The molecule has 0 spiro atoms. The van der Waals surface area contributed by atoms with Crippen molar-refractivity contribution in [1.29, 1.82) is 0 Å². The van der Waals surface area contributed by atoms with Gasteiger partial charge in [0.25, 0.3) is 0 Å². The summed E-state index contributed by atoms with van der Waals surface area (Å²) in [5.41, 5.74) is 1.43. The maximum atomic E-state index is 2.62. The van der Waals surface area contributed by atoms with Gasteiger partial charge in [0, 0.05) is 22.7 Å². The van der Waals surface area contributed by atoms with Gasteiger partial charge >= 0.3 is 0 Å². The van der Waals surface area contributed by atoms with Gasteiger partial charge in [0.15, 0.2) is 0 Å². The molecule has 1 fully saturated rings. The number of likely N-dealkylation sites (tertiary alicyclic amines) is 1. The molecule has 1 aliphatic rings. The van der Waals surface area contributed by atoms with Crippen molar-refractivity contribution in [2.75, 3.05) is 6.54 Å². The second-order valence-electron chi connectivity index (χ2n) is 5.88. The molecule has 0 radical (unpaired) electrons. The number of rotatable bonds is 4. The summed E-state index contributed by atoms with van der Waals surface area (Å²) in [6.07, 6.45) is 2.57. The molecule has 2 aromatic rings. The molecular weight excluding hydrogens is 274 g/mol. The number of hydrogen-bond acceptors (Lipinski definition) is 2. The summed E-state index contributed by atoms with van der Waals surface area (Å²) in [5.74, 6) is 0. The molecule has 0 bridgehead atoms. The Labute approximate surface area is 132 Å². The van der Waals surface area contributed by atoms with E-state index < -0.39 is 0 Å². The van der Waals surface area contributed by atoms with Crippen LogP contribution < -0.4 is 0 Å². The van der Waals surface area contributed by atoms with E-state index in [9.17, 15) is 0 Å². The fourth-order valence-corrected chi connectivity index (χ4v) is 4.33. The largest absolute Gasteiger partial charge is 0.296 e. The lowest BCUT2D eigenvalue weighted by molar-refractivity contribution is 0.156. The van der Waals surface area contributed by atoms with Gasteiger partial charge in [-0.3, -0.25) is 4.90 Å². The van der Waals surface area contributed by atoms with Crippen LogP contribution in [-0.2, 0) is 6.54 Å². The molecule has 3 rings (SSSR count). The molecule has 0 aliphatic carbocycles. The first-order valence-corrected chi connectivity index (χ1v) is 8.69. The molecule has 0 aromatic heterocycles. The molecule has 2 heteroatoms. The van der Waals surface area contributed by atoms with Gasteiger partial charge in [-0.05, 0) is 44.0 Å². The molecule has 0 N–H and O–H groups in total. The van der Waals surface area contributed by atoms with Gasteiger partial charge in [0.1, 0.15) is 0 Å². The SMILES string of the molecule is CC1CC(Sc2ccccc2)CCN1Cc1ccccc1. The minimum atomic E-state index is 0.667. The van der Waals surface area contributed by atoms with E-state index in [0.29, 0.717) is 6.04 Å². The first-order valence-electron chi connectivity index (χ1n) is 7.81. The molecule has 0 saturated carbocycles. The van der Waals surface area contributed by atoms with Crippen LogP contribution in [0.1, 0.15) is 25.3 Å². The van der Waals surface area contributed by atoms with Crippen LogP contribution in [0.25, 0.3) is 0 Å². The zero-order valence-electron chi connectivity index (χ0n) is 12.6. The van der Waals surface area contributed by atoms with Crippen LogP contribution in [0.4, 0.5) is 0 Å². The van der Waals surface area contributed by atoms with Crippen molar-refractivity contribution in [3.8, 4) is 0 Å². The lowest BCUT2D eigenvalue weighted by atomic mass is 10.0. The predicted molar refractivity (Wildman–Crippen MR) is 91.6 cm³/mol. The molecule has 21 heavy (non-hydrogen) atoms. The average molecular weight is 297 g/mol. The Morgan fingerprint density at radius 1 is 1.00 bits per heavy atom. The summed E-state index contributed by atoms with van der Waals surface area (Å²) >= 11 is 2.05. The standard InChI is InChI=1S/C19H23NS/c1-16-14-19(21-18-10-6-3-7-11-18)12-13-20(16)15-17-8-4-2-5-9-17/h2-11,16,19H,12-15H2,1H3. The van der Waals surface area contributed by atoms with Crippen molar-refractivity contribution in [3.63, 3.8) is 0 Å². The van der Waals surface area contributed by atoms with Gasteiger partial charge < -0.3 is 0 Å². The highest BCUT2D eigenvalue weighted by atomic mass is 32.2. The molecule has 110 valence electrons. The summed E-state index contributed by atoms with van der Waals surface area (Å²) in [6, 6.07) is 22.3. The molecule has 1 heterocycles. The molecule has 1 saturated heterocycles. The Morgan fingerprint density at radius 2 is 1.67 bits per heavy atom. The topological polar surface area (TPSA) is 3.24 Å². The number of hydrogen-bond donors (Lipinski definition) is 0. The molecule has 0 amide bonds. The van der Waals surface area contributed by atoms with E-state index in [4.69, 9.17) is 0 Å². The number of piperidine rings is 1. The third-order valence-corrected chi connectivity index (χ3v) is 5.55. The Kier molecular flexibility index (Phi) is 5.00. The normalized spacial score (nSPS) is 23.1. The maximum Gasteiger partial charge on any atom is 0.0236 e. The second-order valence-corrected chi connectivity index (χ2v) is 7.26. The highest BCUT2D eigenvalue weighted by Gasteiger charge is 2.25. The van der Waals surface area contributed by atoms with Gasteiger partial charge in [-0.15, -0.1) is 11.8 Å². The van der Waals surface area contributed by atoms with E-state index in [1.54, 1.807) is 0 Å². The van der Waals surface area contributed by atoms with Crippen molar-refractivity contribution in [2.45, 2.75) is 42.5 Å². The quantitative estimate of drug-likeness (QED) is 0.795. The van der Waals surface area contributed by atoms with Crippen LogP contribution in [0, 0.1) is 0 Å². The van der Waals surface area contributed by atoms with Crippen molar-refractivity contribution >= 4 is 11.8 Å². The van der Waals surface area contributed by atoms with Gasteiger partial charge in [-0.2, -0.15) is 0 Å². The summed E-state index contributed by atoms with van der Waals surface area (Å²) in [5, 5.41) is 0.759. The number of nitrogens with zero attached hydrogens (tertiary/aromatic N) is 1. The van der Waals surface area contributed by atoms with Gasteiger partial charge in [-0.25, -0.2) is 0 Å². The lowest BCUT2D eigenvalue weighted by Gasteiger charge is -2.37. The molecule has 2 aromatic carbocycles. The Hall–Kier alpha value is -1.25. The van der Waals surface area contributed by atoms with Crippen LogP contribution in [0.2, 0.25) is 0 Å². The minimum absolute atomic E-state index is 0.667. The monoisotopic (exact) mass is 297 g/mol. The predicted octanol–water partition coefficient (Wildman–Crippen LogP) is 4.83. The molecule has 2 atom stereocenters. The van der Waals surface area contributed by atoms with Crippen molar-refractivity contribution in [1.82, 2.24) is 4.90 Å². The van der Waals surface area contributed by atoms with Crippen molar-refractivity contribution in [3.05, 3.63) is 66.2 Å². The fraction of sp³-hybridized carbons (Fsp3) is 0.368. The molecular formula is C19H23NS. The van der Waals surface area contributed by atoms with Crippen molar-refractivity contribution < 1.29 is 0 Å². The van der Waals surface area contributed by atoms with Crippen LogP contribution in [0.15, 0.2) is 65.6 Å². The van der Waals surface area contributed by atoms with E-state index in [2.05, 4.69) is 72.5 Å². The first-order chi connectivity index (χ1) is 10.3. The lowest BCUT2D eigenvalue weighted by Crippen LogP contribution is -2.41. The third-order valence-electron chi connectivity index (χ3n) is 4.24. The minimum Gasteiger partial charge on any atom is -0.296 e. The van der Waals surface area contributed by atoms with Crippen LogP contribution in [-0.4, -0.2) is 22.7 Å². The van der Waals surface area contributed by atoms with E-state index in [1.165, 1.54) is 29.8 Å². The maximum absolute atomic E-state index is 2.62. The summed E-state index contributed by atoms with van der Waals surface area (Å²) < 4.78 is 0. The number of thioether (sulfide) groups is 1. The zero-order chi connectivity index (χ0) is 14.5. The highest BCUT2D eigenvalue weighted by Crippen LogP contribution is 2.33. The molecule has 1 aliphatic heterocycles. The Balaban J connectivity index is 1.54. The van der Waals surface area contributed by atoms with Gasteiger partial charge in [0.05, 0.1) is 0 Å². The molecule has 2 unspecified atom stereocenters.